The molecule has 0 atom stereocenters. The number of para-hydroxylation sites is 1. The molecule has 0 radical (unpaired) electrons. The summed E-state index contributed by atoms with van der Waals surface area (Å²) in [5.74, 6) is 0.0548. The fraction of sp³-hybridized carbons (Fsp3) is 0.333. The van der Waals surface area contributed by atoms with Crippen molar-refractivity contribution in [3.63, 3.8) is 0 Å². The summed E-state index contributed by atoms with van der Waals surface area (Å²) in [7, 11) is 1.73. The first-order valence-electron chi connectivity index (χ1n) is 8.87. The van der Waals surface area contributed by atoms with Gasteiger partial charge in [0.1, 0.15) is 5.75 Å². The summed E-state index contributed by atoms with van der Waals surface area (Å²) in [4.78, 5) is 26.2. The topological polar surface area (TPSA) is 58.6 Å². The molecule has 0 aliphatic heterocycles. The minimum absolute atomic E-state index is 0.0527. The summed E-state index contributed by atoms with van der Waals surface area (Å²) < 4.78 is 5.45. The van der Waals surface area contributed by atoms with Crippen LogP contribution in [0.1, 0.15) is 35.3 Å². The highest BCUT2D eigenvalue weighted by Gasteiger charge is 2.15. The molecule has 138 valence electrons. The van der Waals surface area contributed by atoms with E-state index in [-0.39, 0.29) is 18.4 Å². The van der Waals surface area contributed by atoms with Crippen LogP contribution in [0.2, 0.25) is 0 Å². The van der Waals surface area contributed by atoms with Crippen molar-refractivity contribution in [3.05, 3.63) is 65.2 Å². The largest absolute Gasteiger partial charge is 0.493 e. The van der Waals surface area contributed by atoms with Crippen LogP contribution in [0.25, 0.3) is 0 Å². The first-order chi connectivity index (χ1) is 12.5. The van der Waals surface area contributed by atoms with E-state index in [1.54, 1.807) is 30.1 Å². The van der Waals surface area contributed by atoms with Crippen molar-refractivity contribution in [2.24, 2.45) is 0 Å². The highest BCUT2D eigenvalue weighted by molar-refractivity contribution is 5.98. The Hall–Kier alpha value is -2.82. The van der Waals surface area contributed by atoms with Gasteiger partial charge in [0.25, 0.3) is 5.91 Å². The maximum absolute atomic E-state index is 12.3. The summed E-state index contributed by atoms with van der Waals surface area (Å²) in [5.41, 5.74) is 2.76. The second-order valence-corrected chi connectivity index (χ2v) is 6.03. The van der Waals surface area contributed by atoms with Crippen LogP contribution in [-0.2, 0) is 17.8 Å². The van der Waals surface area contributed by atoms with Crippen LogP contribution >= 0.6 is 0 Å². The molecule has 0 saturated heterocycles. The first-order valence-corrected chi connectivity index (χ1v) is 8.87. The minimum atomic E-state index is -0.317. The average Bonchev–Trinajstić information content (AvgIpc) is 2.67. The van der Waals surface area contributed by atoms with Crippen molar-refractivity contribution >= 4 is 11.8 Å². The summed E-state index contributed by atoms with van der Waals surface area (Å²) in [5, 5.41) is 2.67. The fourth-order valence-corrected chi connectivity index (χ4v) is 2.56. The van der Waals surface area contributed by atoms with Gasteiger partial charge in [-0.25, -0.2) is 0 Å². The van der Waals surface area contributed by atoms with E-state index in [0.29, 0.717) is 24.5 Å². The van der Waals surface area contributed by atoms with Crippen LogP contribution in [0.4, 0.5) is 0 Å². The molecule has 2 aromatic carbocycles. The maximum atomic E-state index is 12.3. The SMILES string of the molecule is CCOc1ccccc1C(=O)NCC(=O)N(C)Cc1ccc(CC)cc1. The number of rotatable bonds is 8. The molecule has 0 bridgehead atoms. The van der Waals surface area contributed by atoms with Gasteiger partial charge in [-0.05, 0) is 36.6 Å². The molecule has 0 unspecified atom stereocenters. The Kier molecular flexibility index (Phi) is 7.21. The van der Waals surface area contributed by atoms with Crippen molar-refractivity contribution in [2.75, 3.05) is 20.2 Å². The van der Waals surface area contributed by atoms with E-state index in [0.717, 1.165) is 12.0 Å². The zero-order valence-corrected chi connectivity index (χ0v) is 15.6. The molecule has 0 aromatic heterocycles. The Balaban J connectivity index is 1.89. The van der Waals surface area contributed by atoms with Crippen molar-refractivity contribution in [1.82, 2.24) is 10.2 Å². The molecular formula is C21H26N2O3. The van der Waals surface area contributed by atoms with Gasteiger partial charge < -0.3 is 15.0 Å². The number of carbonyl (C=O) groups excluding carboxylic acids is 2. The zero-order valence-electron chi connectivity index (χ0n) is 15.6. The average molecular weight is 354 g/mol. The van der Waals surface area contributed by atoms with Gasteiger partial charge in [0, 0.05) is 13.6 Å². The number of hydrogen-bond donors (Lipinski definition) is 1. The lowest BCUT2D eigenvalue weighted by Crippen LogP contribution is -2.37. The third-order valence-corrected chi connectivity index (χ3v) is 4.11. The third-order valence-electron chi connectivity index (χ3n) is 4.11. The van der Waals surface area contributed by atoms with Gasteiger partial charge in [-0.15, -0.1) is 0 Å². The van der Waals surface area contributed by atoms with E-state index in [1.807, 2.05) is 25.1 Å². The maximum Gasteiger partial charge on any atom is 0.255 e. The van der Waals surface area contributed by atoms with Crippen molar-refractivity contribution in [1.29, 1.82) is 0 Å². The first kappa shape index (κ1) is 19.5. The van der Waals surface area contributed by atoms with E-state index in [4.69, 9.17) is 4.74 Å². The molecule has 26 heavy (non-hydrogen) atoms. The molecule has 2 amide bonds. The van der Waals surface area contributed by atoms with Gasteiger partial charge in [0.2, 0.25) is 5.91 Å². The van der Waals surface area contributed by atoms with Gasteiger partial charge in [-0.2, -0.15) is 0 Å². The van der Waals surface area contributed by atoms with Gasteiger partial charge in [-0.1, -0.05) is 43.3 Å². The van der Waals surface area contributed by atoms with E-state index in [1.165, 1.54) is 5.56 Å². The van der Waals surface area contributed by atoms with Crippen molar-refractivity contribution in [3.8, 4) is 5.75 Å². The quantitative estimate of drug-likeness (QED) is 0.793. The molecule has 2 aromatic rings. The van der Waals surface area contributed by atoms with Crippen molar-refractivity contribution < 1.29 is 14.3 Å². The number of likely N-dealkylation sites (N-methyl/N-ethyl adjacent to an activating group) is 1. The molecule has 0 spiro atoms. The highest BCUT2D eigenvalue weighted by Crippen LogP contribution is 2.17. The van der Waals surface area contributed by atoms with Crippen LogP contribution in [0.3, 0.4) is 0 Å². The summed E-state index contributed by atoms with van der Waals surface area (Å²) in [6.07, 6.45) is 0.990. The van der Waals surface area contributed by atoms with E-state index < -0.39 is 0 Å². The summed E-state index contributed by atoms with van der Waals surface area (Å²) in [6.45, 7) is 4.90. The lowest BCUT2D eigenvalue weighted by molar-refractivity contribution is -0.129. The number of amides is 2. The van der Waals surface area contributed by atoms with Gasteiger partial charge >= 0.3 is 0 Å². The number of hydrogen-bond acceptors (Lipinski definition) is 3. The lowest BCUT2D eigenvalue weighted by Gasteiger charge is -2.18. The van der Waals surface area contributed by atoms with Gasteiger partial charge in [0.05, 0.1) is 18.7 Å². The zero-order chi connectivity index (χ0) is 18.9. The Morgan fingerprint density at radius 1 is 1.00 bits per heavy atom. The van der Waals surface area contributed by atoms with Crippen LogP contribution in [0.15, 0.2) is 48.5 Å². The number of benzene rings is 2. The number of nitrogens with zero attached hydrogens (tertiary/aromatic N) is 1. The molecule has 5 heteroatoms. The highest BCUT2D eigenvalue weighted by atomic mass is 16.5. The molecule has 2 rings (SSSR count). The molecule has 0 aliphatic carbocycles. The normalized spacial score (nSPS) is 10.3. The molecular weight excluding hydrogens is 328 g/mol. The molecule has 5 nitrogen and oxygen atoms in total. The van der Waals surface area contributed by atoms with E-state index >= 15 is 0 Å². The van der Waals surface area contributed by atoms with Crippen LogP contribution in [0, 0.1) is 0 Å². The Bertz CT molecular complexity index is 741. The Labute approximate surface area is 155 Å². The Morgan fingerprint density at radius 3 is 2.31 bits per heavy atom. The lowest BCUT2D eigenvalue weighted by atomic mass is 10.1. The second kappa shape index (κ2) is 9.61. The molecule has 0 aliphatic rings. The minimum Gasteiger partial charge on any atom is -0.493 e. The number of nitrogens with one attached hydrogen (secondary N) is 1. The Morgan fingerprint density at radius 2 is 1.65 bits per heavy atom. The molecule has 1 N–H and O–H groups in total. The number of aryl methyl sites for hydroxylation is 1. The standard InChI is InChI=1S/C21H26N2O3/c1-4-16-10-12-17(13-11-16)15-23(3)20(24)14-22-21(25)18-8-6-7-9-19(18)26-5-2/h6-13H,4-5,14-15H2,1-3H3,(H,22,25). The summed E-state index contributed by atoms with van der Waals surface area (Å²) >= 11 is 0. The van der Waals surface area contributed by atoms with Crippen LogP contribution in [0.5, 0.6) is 5.75 Å². The van der Waals surface area contributed by atoms with Gasteiger partial charge in [-0.3, -0.25) is 9.59 Å². The summed E-state index contributed by atoms with van der Waals surface area (Å²) in [6, 6.07) is 15.2. The fourth-order valence-electron chi connectivity index (χ4n) is 2.56. The predicted molar refractivity (Wildman–Crippen MR) is 102 cm³/mol. The second-order valence-electron chi connectivity index (χ2n) is 6.03. The van der Waals surface area contributed by atoms with E-state index in [9.17, 15) is 9.59 Å². The van der Waals surface area contributed by atoms with Gasteiger partial charge in [0.15, 0.2) is 0 Å². The third kappa shape index (κ3) is 5.34. The van der Waals surface area contributed by atoms with E-state index in [2.05, 4.69) is 24.4 Å². The van der Waals surface area contributed by atoms with Crippen LogP contribution in [-0.4, -0.2) is 36.9 Å². The molecule has 0 saturated carbocycles. The van der Waals surface area contributed by atoms with Crippen molar-refractivity contribution in [2.45, 2.75) is 26.8 Å². The smallest absolute Gasteiger partial charge is 0.255 e. The van der Waals surface area contributed by atoms with Crippen LogP contribution < -0.4 is 10.1 Å². The molecule has 0 heterocycles. The predicted octanol–water partition coefficient (Wildman–Crippen LogP) is 3.04. The molecule has 0 fully saturated rings. The number of ether oxygens (including phenoxy) is 1. The number of carbonyl (C=O) groups is 2. The monoisotopic (exact) mass is 354 g/mol.